The summed E-state index contributed by atoms with van der Waals surface area (Å²) >= 11 is 0. The molecule has 0 aliphatic carbocycles. The van der Waals surface area contributed by atoms with Crippen LogP contribution in [0.15, 0.2) is 24.3 Å². The summed E-state index contributed by atoms with van der Waals surface area (Å²) in [5.74, 6) is -1.11. The Morgan fingerprint density at radius 1 is 1.19 bits per heavy atom. The third kappa shape index (κ3) is 6.65. The number of urea groups is 1. The van der Waals surface area contributed by atoms with E-state index in [0.717, 1.165) is 11.1 Å². The van der Waals surface area contributed by atoms with E-state index in [4.69, 9.17) is 14.6 Å². The Morgan fingerprint density at radius 2 is 1.88 bits per heavy atom. The lowest BCUT2D eigenvalue weighted by atomic mass is 9.97. The number of amides is 2. The molecular formula is C19H28N2O5. The zero-order valence-corrected chi connectivity index (χ0v) is 15.3. The van der Waals surface area contributed by atoms with Gasteiger partial charge < -0.3 is 24.8 Å². The van der Waals surface area contributed by atoms with E-state index in [0.29, 0.717) is 58.9 Å². The molecule has 1 aliphatic rings. The largest absolute Gasteiger partial charge is 0.481 e. The van der Waals surface area contributed by atoms with Gasteiger partial charge in [0, 0.05) is 26.2 Å². The van der Waals surface area contributed by atoms with E-state index in [-0.39, 0.29) is 11.9 Å². The van der Waals surface area contributed by atoms with Crippen LogP contribution in [0.2, 0.25) is 0 Å². The van der Waals surface area contributed by atoms with Crippen LogP contribution in [0.5, 0.6) is 0 Å². The fourth-order valence-electron chi connectivity index (χ4n) is 2.90. The number of hydrogen-bond acceptors (Lipinski definition) is 4. The predicted molar refractivity (Wildman–Crippen MR) is 96.8 cm³/mol. The van der Waals surface area contributed by atoms with Crippen molar-refractivity contribution in [3.63, 3.8) is 0 Å². The lowest BCUT2D eigenvalue weighted by Gasteiger charge is -2.30. The van der Waals surface area contributed by atoms with Crippen LogP contribution >= 0.6 is 0 Å². The number of benzene rings is 1. The molecule has 1 fully saturated rings. The number of aliphatic carboxylic acids is 1. The molecule has 0 saturated carbocycles. The highest BCUT2D eigenvalue weighted by Crippen LogP contribution is 2.17. The molecule has 1 aromatic carbocycles. The third-order valence-electron chi connectivity index (χ3n) is 4.41. The van der Waals surface area contributed by atoms with Gasteiger partial charge in [-0.2, -0.15) is 0 Å². The van der Waals surface area contributed by atoms with Crippen LogP contribution in [0.1, 0.15) is 30.9 Å². The topological polar surface area (TPSA) is 88.1 Å². The molecule has 2 N–H and O–H groups in total. The number of carboxylic acid groups (broad SMARTS) is 1. The number of carbonyl (C=O) groups is 2. The van der Waals surface area contributed by atoms with Crippen molar-refractivity contribution >= 4 is 12.0 Å². The minimum absolute atomic E-state index is 0.146. The molecule has 0 spiro atoms. The molecule has 0 unspecified atom stereocenters. The number of hydrogen-bond donors (Lipinski definition) is 2. The first-order valence-electron chi connectivity index (χ1n) is 9.09. The second-order valence-corrected chi connectivity index (χ2v) is 6.33. The van der Waals surface area contributed by atoms with Crippen molar-refractivity contribution in [2.75, 3.05) is 32.9 Å². The van der Waals surface area contributed by atoms with Gasteiger partial charge in [0.1, 0.15) is 0 Å². The van der Waals surface area contributed by atoms with Gasteiger partial charge in [-0.25, -0.2) is 4.79 Å². The number of nitrogens with zero attached hydrogens (tertiary/aromatic N) is 1. The summed E-state index contributed by atoms with van der Waals surface area (Å²) in [4.78, 5) is 24.9. The fraction of sp³-hybridized carbons (Fsp3) is 0.579. The minimum Gasteiger partial charge on any atom is -0.481 e. The summed E-state index contributed by atoms with van der Waals surface area (Å²) < 4.78 is 10.8. The van der Waals surface area contributed by atoms with Gasteiger partial charge in [-0.1, -0.05) is 24.3 Å². The summed E-state index contributed by atoms with van der Waals surface area (Å²) in [5.41, 5.74) is 2.06. The normalized spacial score (nSPS) is 15.0. The summed E-state index contributed by atoms with van der Waals surface area (Å²) in [6.45, 7) is 5.69. The van der Waals surface area contributed by atoms with Crippen molar-refractivity contribution in [3.8, 4) is 0 Å². The molecule has 1 aliphatic heterocycles. The Kier molecular flexibility index (Phi) is 8.37. The van der Waals surface area contributed by atoms with Crippen molar-refractivity contribution in [3.05, 3.63) is 35.4 Å². The molecule has 1 saturated heterocycles. The van der Waals surface area contributed by atoms with Crippen LogP contribution < -0.4 is 5.32 Å². The molecule has 0 bridgehead atoms. The van der Waals surface area contributed by atoms with Gasteiger partial charge in [0.25, 0.3) is 0 Å². The van der Waals surface area contributed by atoms with E-state index in [2.05, 4.69) is 5.32 Å². The number of nitrogens with one attached hydrogen (secondary N) is 1. The van der Waals surface area contributed by atoms with Crippen LogP contribution in [0.3, 0.4) is 0 Å². The standard InChI is InChI=1S/C19H28N2O5/c1-2-25-10-11-26-14-16-5-3-4-15(12-16)13-20-19(24)21-8-6-17(7-9-21)18(22)23/h3-5,12,17H,2,6-11,13-14H2,1H3,(H,20,24)(H,22,23). The Labute approximate surface area is 154 Å². The Hall–Kier alpha value is -2.12. The van der Waals surface area contributed by atoms with Gasteiger partial charge in [-0.15, -0.1) is 0 Å². The van der Waals surface area contributed by atoms with Crippen molar-refractivity contribution in [2.45, 2.75) is 32.9 Å². The molecule has 0 radical (unpaired) electrons. The summed E-state index contributed by atoms with van der Waals surface area (Å²) in [6, 6.07) is 7.76. The summed E-state index contributed by atoms with van der Waals surface area (Å²) in [6.07, 6.45) is 1.02. The molecule has 144 valence electrons. The SMILES string of the molecule is CCOCCOCc1cccc(CNC(=O)N2CCC(C(=O)O)CC2)c1. The Bertz CT molecular complexity index is 585. The molecule has 26 heavy (non-hydrogen) atoms. The zero-order valence-electron chi connectivity index (χ0n) is 15.3. The number of piperidine rings is 1. The highest BCUT2D eigenvalue weighted by molar-refractivity contribution is 5.75. The molecular weight excluding hydrogens is 336 g/mol. The quantitative estimate of drug-likeness (QED) is 0.656. The second-order valence-electron chi connectivity index (χ2n) is 6.33. The molecule has 2 rings (SSSR count). The summed E-state index contributed by atoms with van der Waals surface area (Å²) in [7, 11) is 0. The van der Waals surface area contributed by atoms with Crippen LogP contribution in [0, 0.1) is 5.92 Å². The Morgan fingerprint density at radius 3 is 2.58 bits per heavy atom. The highest BCUT2D eigenvalue weighted by atomic mass is 16.5. The summed E-state index contributed by atoms with van der Waals surface area (Å²) in [5, 5.41) is 11.9. The van der Waals surface area contributed by atoms with Gasteiger partial charge in [-0.3, -0.25) is 4.79 Å². The highest BCUT2D eigenvalue weighted by Gasteiger charge is 2.26. The smallest absolute Gasteiger partial charge is 0.317 e. The van der Waals surface area contributed by atoms with Crippen molar-refractivity contribution in [2.24, 2.45) is 5.92 Å². The molecule has 7 nitrogen and oxygen atoms in total. The van der Waals surface area contributed by atoms with Crippen LogP contribution in [-0.4, -0.2) is 54.9 Å². The minimum atomic E-state index is -0.773. The maximum atomic E-state index is 12.2. The van der Waals surface area contributed by atoms with Crippen molar-refractivity contribution < 1.29 is 24.2 Å². The van der Waals surface area contributed by atoms with E-state index in [9.17, 15) is 9.59 Å². The van der Waals surface area contributed by atoms with Gasteiger partial charge in [0.15, 0.2) is 0 Å². The number of carboxylic acids is 1. The van der Waals surface area contributed by atoms with Gasteiger partial charge in [0.05, 0.1) is 25.7 Å². The molecule has 0 atom stereocenters. The van der Waals surface area contributed by atoms with Crippen LogP contribution in [0.4, 0.5) is 4.79 Å². The average molecular weight is 364 g/mol. The van der Waals surface area contributed by atoms with E-state index in [1.54, 1.807) is 4.90 Å². The number of likely N-dealkylation sites (tertiary alicyclic amines) is 1. The van der Waals surface area contributed by atoms with Gasteiger partial charge in [0.2, 0.25) is 0 Å². The third-order valence-corrected chi connectivity index (χ3v) is 4.41. The molecule has 2 amide bonds. The molecule has 7 heteroatoms. The Balaban J connectivity index is 1.72. The molecule has 1 aromatic rings. The average Bonchev–Trinajstić information content (AvgIpc) is 2.66. The molecule has 1 heterocycles. The first kappa shape index (κ1) is 20.2. The van der Waals surface area contributed by atoms with Gasteiger partial charge in [-0.05, 0) is 30.9 Å². The molecule has 0 aromatic heterocycles. The zero-order chi connectivity index (χ0) is 18.8. The van der Waals surface area contributed by atoms with Crippen LogP contribution in [-0.2, 0) is 27.4 Å². The first-order valence-corrected chi connectivity index (χ1v) is 9.09. The number of carbonyl (C=O) groups excluding carboxylic acids is 1. The van der Waals surface area contributed by atoms with E-state index < -0.39 is 5.97 Å². The van der Waals surface area contributed by atoms with Crippen molar-refractivity contribution in [1.29, 1.82) is 0 Å². The van der Waals surface area contributed by atoms with Crippen LogP contribution in [0.25, 0.3) is 0 Å². The lowest BCUT2D eigenvalue weighted by molar-refractivity contribution is -0.143. The maximum Gasteiger partial charge on any atom is 0.317 e. The van der Waals surface area contributed by atoms with E-state index >= 15 is 0 Å². The maximum absolute atomic E-state index is 12.2. The monoisotopic (exact) mass is 364 g/mol. The first-order chi connectivity index (χ1) is 12.6. The lowest BCUT2D eigenvalue weighted by Crippen LogP contribution is -2.45. The van der Waals surface area contributed by atoms with Gasteiger partial charge >= 0.3 is 12.0 Å². The van der Waals surface area contributed by atoms with Crippen molar-refractivity contribution in [1.82, 2.24) is 10.2 Å². The predicted octanol–water partition coefficient (Wildman–Crippen LogP) is 2.25. The number of ether oxygens (including phenoxy) is 2. The fourth-order valence-corrected chi connectivity index (χ4v) is 2.90. The second kappa shape index (κ2) is 10.8. The van der Waals surface area contributed by atoms with E-state index in [1.165, 1.54) is 0 Å². The van der Waals surface area contributed by atoms with E-state index in [1.807, 2.05) is 31.2 Å². The number of rotatable bonds is 9.